The lowest BCUT2D eigenvalue weighted by molar-refractivity contribution is -0.124. The second-order valence-corrected chi connectivity index (χ2v) is 7.81. The molecule has 0 saturated heterocycles. The van der Waals surface area contributed by atoms with Gasteiger partial charge < -0.3 is 10.1 Å². The molecule has 2 rings (SSSR count). The summed E-state index contributed by atoms with van der Waals surface area (Å²) in [4.78, 5) is 23.7. The minimum atomic E-state index is -3.76. The largest absolute Gasteiger partial charge is 0.452 e. The monoisotopic (exact) mass is 404 g/mol. The molecule has 8 heteroatoms. The normalized spacial score (nSPS) is 10.9. The van der Waals surface area contributed by atoms with Gasteiger partial charge in [0.1, 0.15) is 0 Å². The van der Waals surface area contributed by atoms with E-state index in [-0.39, 0.29) is 23.0 Å². The molecule has 0 bridgehead atoms. The smallest absolute Gasteiger partial charge is 0.338 e. The number of benzene rings is 2. The zero-order valence-corrected chi connectivity index (χ0v) is 16.5. The van der Waals surface area contributed by atoms with Crippen LogP contribution >= 0.6 is 0 Å². The molecule has 0 aliphatic carbocycles. The minimum Gasteiger partial charge on any atom is -0.452 e. The highest BCUT2D eigenvalue weighted by Gasteiger charge is 2.16. The average Bonchev–Trinajstić information content (AvgIpc) is 2.70. The maximum Gasteiger partial charge on any atom is 0.338 e. The van der Waals surface area contributed by atoms with Crippen molar-refractivity contribution in [3.8, 4) is 0 Å². The summed E-state index contributed by atoms with van der Waals surface area (Å²) >= 11 is 0. The van der Waals surface area contributed by atoms with E-state index in [1.165, 1.54) is 24.3 Å². The molecule has 0 radical (unpaired) electrons. The first-order chi connectivity index (χ1) is 13.4. The van der Waals surface area contributed by atoms with Gasteiger partial charge in [-0.15, -0.1) is 0 Å². The van der Waals surface area contributed by atoms with Gasteiger partial charge in [-0.25, -0.2) is 13.2 Å². The molecular weight excluding hydrogens is 380 g/mol. The highest BCUT2D eigenvalue weighted by molar-refractivity contribution is 7.92. The van der Waals surface area contributed by atoms with E-state index in [0.717, 1.165) is 19.3 Å². The quantitative estimate of drug-likeness (QED) is 0.468. The number of ether oxygens (including phenoxy) is 1. The number of unbranched alkanes of at least 4 members (excludes halogenated alkanes) is 2. The molecule has 7 nitrogen and oxygen atoms in total. The molecule has 0 aromatic heterocycles. The van der Waals surface area contributed by atoms with Crippen LogP contribution in [0.2, 0.25) is 0 Å². The fourth-order valence-electron chi connectivity index (χ4n) is 2.36. The van der Waals surface area contributed by atoms with Crippen molar-refractivity contribution in [2.24, 2.45) is 0 Å². The van der Waals surface area contributed by atoms with Gasteiger partial charge in [0.15, 0.2) is 6.61 Å². The van der Waals surface area contributed by atoms with Gasteiger partial charge >= 0.3 is 5.97 Å². The second kappa shape index (κ2) is 10.5. The Balaban J connectivity index is 1.89. The van der Waals surface area contributed by atoms with E-state index < -0.39 is 16.0 Å². The summed E-state index contributed by atoms with van der Waals surface area (Å²) in [5.41, 5.74) is 0.605. The predicted octanol–water partition coefficient (Wildman–Crippen LogP) is 2.95. The molecule has 0 aliphatic heterocycles. The number of sulfonamides is 1. The van der Waals surface area contributed by atoms with Gasteiger partial charge in [-0.3, -0.25) is 9.52 Å². The fraction of sp³-hybridized carbons (Fsp3) is 0.300. The molecule has 0 atom stereocenters. The number of esters is 1. The Labute approximate surface area is 165 Å². The summed E-state index contributed by atoms with van der Waals surface area (Å²) in [6, 6.07) is 13.8. The molecule has 1 amide bonds. The number of hydrogen-bond acceptors (Lipinski definition) is 5. The first-order valence-corrected chi connectivity index (χ1v) is 10.5. The Morgan fingerprint density at radius 2 is 1.64 bits per heavy atom. The van der Waals surface area contributed by atoms with Gasteiger partial charge in [0.2, 0.25) is 0 Å². The van der Waals surface area contributed by atoms with Crippen molar-refractivity contribution < 1.29 is 22.7 Å². The maximum absolute atomic E-state index is 12.4. The van der Waals surface area contributed by atoms with Crippen molar-refractivity contribution in [3.63, 3.8) is 0 Å². The van der Waals surface area contributed by atoms with Crippen molar-refractivity contribution in [2.75, 3.05) is 17.9 Å². The van der Waals surface area contributed by atoms with Crippen LogP contribution in [-0.2, 0) is 19.6 Å². The standard InChI is InChI=1S/C20H24N2O5S/c1-2-3-7-14-21-19(23)15-27-20(24)16-10-12-18(13-11-16)28(25,26)22-17-8-5-4-6-9-17/h4-6,8-13,22H,2-3,7,14-15H2,1H3,(H,21,23). The number of anilines is 1. The average molecular weight is 404 g/mol. The number of rotatable bonds is 10. The molecule has 150 valence electrons. The zero-order valence-electron chi connectivity index (χ0n) is 15.7. The van der Waals surface area contributed by atoms with E-state index in [4.69, 9.17) is 4.74 Å². The van der Waals surface area contributed by atoms with Gasteiger partial charge in [0, 0.05) is 12.2 Å². The molecule has 2 N–H and O–H groups in total. The molecule has 2 aromatic carbocycles. The van der Waals surface area contributed by atoms with E-state index in [2.05, 4.69) is 17.0 Å². The number of nitrogens with one attached hydrogen (secondary N) is 2. The van der Waals surface area contributed by atoms with Crippen molar-refractivity contribution in [2.45, 2.75) is 31.1 Å². The third kappa shape index (κ3) is 6.70. The van der Waals surface area contributed by atoms with Gasteiger partial charge in [-0.2, -0.15) is 0 Å². The second-order valence-electron chi connectivity index (χ2n) is 6.13. The third-order valence-corrected chi connectivity index (χ3v) is 5.26. The third-order valence-electron chi connectivity index (χ3n) is 3.86. The van der Waals surface area contributed by atoms with Crippen LogP contribution in [0.4, 0.5) is 5.69 Å². The molecule has 0 aliphatic rings. The van der Waals surface area contributed by atoms with Gasteiger partial charge in [0.25, 0.3) is 15.9 Å². The number of carbonyl (C=O) groups excluding carboxylic acids is 2. The van der Waals surface area contributed by atoms with E-state index in [1.807, 2.05) is 0 Å². The summed E-state index contributed by atoms with van der Waals surface area (Å²) in [7, 11) is -3.76. The van der Waals surface area contributed by atoms with Crippen molar-refractivity contribution in [1.29, 1.82) is 0 Å². The summed E-state index contributed by atoms with van der Waals surface area (Å²) < 4.78 is 32.1. The number of amides is 1. The van der Waals surface area contributed by atoms with Crippen LogP contribution in [0.5, 0.6) is 0 Å². The van der Waals surface area contributed by atoms with Crippen LogP contribution in [-0.4, -0.2) is 33.4 Å². The topological polar surface area (TPSA) is 102 Å². The molecule has 2 aromatic rings. The lowest BCUT2D eigenvalue weighted by atomic mass is 10.2. The van der Waals surface area contributed by atoms with Gasteiger partial charge in [0.05, 0.1) is 10.5 Å². The molecule has 0 heterocycles. The highest BCUT2D eigenvalue weighted by atomic mass is 32.2. The first-order valence-electron chi connectivity index (χ1n) is 9.04. The van der Waals surface area contributed by atoms with Gasteiger partial charge in [-0.05, 0) is 42.8 Å². The number of carbonyl (C=O) groups is 2. The lowest BCUT2D eigenvalue weighted by Gasteiger charge is -2.09. The first kappa shape index (κ1) is 21.4. The molecule has 0 fully saturated rings. The Bertz CT molecular complexity index is 881. The molecule has 28 heavy (non-hydrogen) atoms. The molecular formula is C20H24N2O5S. The lowest BCUT2D eigenvalue weighted by Crippen LogP contribution is -2.29. The predicted molar refractivity (Wildman–Crippen MR) is 107 cm³/mol. The van der Waals surface area contributed by atoms with Crippen molar-refractivity contribution in [3.05, 3.63) is 60.2 Å². The van der Waals surface area contributed by atoms with Crippen LogP contribution in [0.3, 0.4) is 0 Å². The summed E-state index contributed by atoms with van der Waals surface area (Å²) in [6.07, 6.45) is 2.95. The van der Waals surface area contributed by atoms with E-state index in [1.54, 1.807) is 30.3 Å². The minimum absolute atomic E-state index is 0.0153. The van der Waals surface area contributed by atoms with E-state index in [9.17, 15) is 18.0 Å². The molecule has 0 unspecified atom stereocenters. The SMILES string of the molecule is CCCCCNC(=O)COC(=O)c1ccc(S(=O)(=O)Nc2ccccc2)cc1. The maximum atomic E-state index is 12.4. The number of hydrogen-bond donors (Lipinski definition) is 2. The Morgan fingerprint density at radius 1 is 0.964 bits per heavy atom. The van der Waals surface area contributed by atoms with Crippen molar-refractivity contribution >= 4 is 27.6 Å². The van der Waals surface area contributed by atoms with E-state index in [0.29, 0.717) is 12.2 Å². The Kier molecular flexibility index (Phi) is 8.01. The molecule has 0 saturated carbocycles. The summed E-state index contributed by atoms with van der Waals surface area (Å²) in [5, 5.41) is 2.67. The van der Waals surface area contributed by atoms with Crippen LogP contribution in [0, 0.1) is 0 Å². The van der Waals surface area contributed by atoms with Crippen LogP contribution in [0.15, 0.2) is 59.5 Å². The summed E-state index contributed by atoms with van der Waals surface area (Å²) in [6.45, 7) is 2.24. The summed E-state index contributed by atoms with van der Waals surface area (Å²) in [5.74, 6) is -1.06. The highest BCUT2D eigenvalue weighted by Crippen LogP contribution is 2.16. The van der Waals surface area contributed by atoms with Crippen LogP contribution in [0.1, 0.15) is 36.5 Å². The van der Waals surface area contributed by atoms with Gasteiger partial charge in [-0.1, -0.05) is 38.0 Å². The van der Waals surface area contributed by atoms with Crippen LogP contribution < -0.4 is 10.0 Å². The van der Waals surface area contributed by atoms with Crippen molar-refractivity contribution in [1.82, 2.24) is 5.32 Å². The van der Waals surface area contributed by atoms with Crippen LogP contribution in [0.25, 0.3) is 0 Å². The Morgan fingerprint density at radius 3 is 2.29 bits per heavy atom. The number of para-hydroxylation sites is 1. The van der Waals surface area contributed by atoms with E-state index >= 15 is 0 Å². The Hall–Kier alpha value is -2.87. The fourth-order valence-corrected chi connectivity index (χ4v) is 3.42. The molecule has 0 spiro atoms. The zero-order chi connectivity index (χ0) is 20.4.